The fourth-order valence-corrected chi connectivity index (χ4v) is 2.89. The zero-order valence-electron chi connectivity index (χ0n) is 16.0. The van der Waals surface area contributed by atoms with E-state index in [1.807, 2.05) is 11.0 Å². The Morgan fingerprint density at radius 3 is 2.56 bits per heavy atom. The van der Waals surface area contributed by atoms with Crippen molar-refractivity contribution < 1.29 is 4.79 Å². The predicted molar refractivity (Wildman–Crippen MR) is 104 cm³/mol. The monoisotopic (exact) mass is 338 g/mol. The maximum atomic E-state index is 12.7. The van der Waals surface area contributed by atoms with E-state index in [1.54, 1.807) is 6.08 Å². The summed E-state index contributed by atoms with van der Waals surface area (Å²) in [6, 6.07) is 12.6. The average Bonchev–Trinajstić information content (AvgIpc) is 2.94. The highest BCUT2D eigenvalue weighted by molar-refractivity contribution is 5.77. The number of benzene rings is 1. The van der Waals surface area contributed by atoms with E-state index in [-0.39, 0.29) is 11.3 Å². The molecule has 25 heavy (non-hydrogen) atoms. The van der Waals surface area contributed by atoms with Gasteiger partial charge < -0.3 is 9.47 Å². The van der Waals surface area contributed by atoms with Gasteiger partial charge in [0, 0.05) is 31.4 Å². The Balaban J connectivity index is 2.15. The van der Waals surface area contributed by atoms with Gasteiger partial charge in [-0.3, -0.25) is 4.79 Å². The highest BCUT2D eigenvalue weighted by Gasteiger charge is 2.21. The van der Waals surface area contributed by atoms with E-state index in [9.17, 15) is 4.79 Å². The molecular weight excluding hydrogens is 308 g/mol. The normalized spacial score (nSPS) is 11.4. The Hall–Kier alpha value is -2.29. The van der Waals surface area contributed by atoms with Crippen molar-refractivity contribution in [2.75, 3.05) is 6.54 Å². The number of amides is 1. The van der Waals surface area contributed by atoms with Gasteiger partial charge in [-0.1, -0.05) is 51.1 Å². The molecule has 0 spiro atoms. The van der Waals surface area contributed by atoms with Gasteiger partial charge in [-0.15, -0.1) is 6.58 Å². The van der Waals surface area contributed by atoms with Crippen molar-refractivity contribution in [3.63, 3.8) is 0 Å². The third-order valence-corrected chi connectivity index (χ3v) is 4.26. The van der Waals surface area contributed by atoms with Crippen LogP contribution in [0.2, 0.25) is 0 Å². The van der Waals surface area contributed by atoms with E-state index in [0.717, 1.165) is 12.2 Å². The van der Waals surface area contributed by atoms with E-state index in [0.29, 0.717) is 19.5 Å². The first kappa shape index (κ1) is 19.0. The number of aryl methyl sites for hydroxylation is 1. The van der Waals surface area contributed by atoms with Gasteiger partial charge in [-0.25, -0.2) is 0 Å². The second-order valence-corrected chi connectivity index (χ2v) is 7.85. The Kier molecular flexibility index (Phi) is 6.24. The van der Waals surface area contributed by atoms with Crippen LogP contribution in [0.5, 0.6) is 0 Å². The summed E-state index contributed by atoms with van der Waals surface area (Å²) < 4.78 is 2.22. The molecular formula is C22H30N2O. The number of carbonyl (C=O) groups excluding carboxylic acids is 1. The first-order valence-corrected chi connectivity index (χ1v) is 8.87. The van der Waals surface area contributed by atoms with Gasteiger partial charge >= 0.3 is 0 Å². The number of carbonyl (C=O) groups is 1. The van der Waals surface area contributed by atoms with Gasteiger partial charge in [0.25, 0.3) is 0 Å². The van der Waals surface area contributed by atoms with Gasteiger partial charge in [0.2, 0.25) is 5.91 Å². The van der Waals surface area contributed by atoms with E-state index in [1.165, 1.54) is 11.1 Å². The molecule has 134 valence electrons. The molecule has 3 heteroatoms. The summed E-state index contributed by atoms with van der Waals surface area (Å²) in [6.45, 7) is 14.2. The Morgan fingerprint density at radius 1 is 1.20 bits per heavy atom. The predicted octanol–water partition coefficient (Wildman–Crippen LogP) is 4.80. The van der Waals surface area contributed by atoms with E-state index in [2.05, 4.69) is 75.4 Å². The fourth-order valence-electron chi connectivity index (χ4n) is 2.89. The molecule has 0 N–H and O–H groups in total. The summed E-state index contributed by atoms with van der Waals surface area (Å²) in [6.07, 6.45) is 4.43. The van der Waals surface area contributed by atoms with E-state index in [4.69, 9.17) is 0 Å². The van der Waals surface area contributed by atoms with Crippen molar-refractivity contribution in [2.24, 2.45) is 5.41 Å². The third-order valence-electron chi connectivity index (χ3n) is 4.26. The van der Waals surface area contributed by atoms with Gasteiger partial charge in [0.05, 0.1) is 6.54 Å². The number of aromatic nitrogens is 1. The van der Waals surface area contributed by atoms with Crippen molar-refractivity contribution >= 4 is 5.91 Å². The number of rotatable bonds is 7. The lowest BCUT2D eigenvalue weighted by molar-refractivity contribution is -0.133. The standard InChI is InChI=1S/C22H30N2O/c1-6-13-24(21(25)15-22(3,4)5)17-20-12-9-14-23(20)16-19-11-8-7-10-18(19)2/h6-12,14H,1,13,15-17H2,2-5H3. The van der Waals surface area contributed by atoms with Crippen LogP contribution in [-0.4, -0.2) is 21.9 Å². The molecule has 1 aromatic heterocycles. The second-order valence-electron chi connectivity index (χ2n) is 7.85. The number of hydrogen-bond donors (Lipinski definition) is 0. The molecule has 0 radical (unpaired) electrons. The average molecular weight is 338 g/mol. The summed E-state index contributed by atoms with van der Waals surface area (Å²) in [7, 11) is 0. The van der Waals surface area contributed by atoms with Gasteiger partial charge in [0.1, 0.15) is 0 Å². The van der Waals surface area contributed by atoms with Crippen molar-refractivity contribution in [1.82, 2.24) is 9.47 Å². The SMILES string of the molecule is C=CCN(Cc1cccn1Cc1ccccc1C)C(=O)CC(C)(C)C. The van der Waals surface area contributed by atoms with Crippen LogP contribution in [0.25, 0.3) is 0 Å². The van der Waals surface area contributed by atoms with Crippen LogP contribution in [0.15, 0.2) is 55.3 Å². The molecule has 0 saturated heterocycles. The van der Waals surface area contributed by atoms with E-state index < -0.39 is 0 Å². The summed E-state index contributed by atoms with van der Waals surface area (Å²) in [5.41, 5.74) is 3.72. The van der Waals surface area contributed by atoms with Gasteiger partial charge in [-0.2, -0.15) is 0 Å². The molecule has 2 rings (SSSR count). The Labute approximate surface area is 152 Å². The van der Waals surface area contributed by atoms with Crippen LogP contribution in [-0.2, 0) is 17.9 Å². The highest BCUT2D eigenvalue weighted by Crippen LogP contribution is 2.21. The minimum atomic E-state index is -0.0142. The zero-order valence-corrected chi connectivity index (χ0v) is 16.0. The summed E-state index contributed by atoms with van der Waals surface area (Å²) in [4.78, 5) is 14.6. The lowest BCUT2D eigenvalue weighted by Crippen LogP contribution is -2.34. The van der Waals surface area contributed by atoms with Crippen LogP contribution in [0.4, 0.5) is 0 Å². The van der Waals surface area contributed by atoms with Crippen LogP contribution >= 0.6 is 0 Å². The third kappa shape index (κ3) is 5.63. The minimum absolute atomic E-state index is 0.0142. The smallest absolute Gasteiger partial charge is 0.223 e. The first-order chi connectivity index (χ1) is 11.8. The maximum Gasteiger partial charge on any atom is 0.223 e. The lowest BCUT2D eigenvalue weighted by atomic mass is 9.91. The topological polar surface area (TPSA) is 25.2 Å². The van der Waals surface area contributed by atoms with E-state index >= 15 is 0 Å². The minimum Gasteiger partial charge on any atom is -0.345 e. The molecule has 1 heterocycles. The van der Waals surface area contributed by atoms with Crippen molar-refractivity contribution in [1.29, 1.82) is 0 Å². The summed E-state index contributed by atoms with van der Waals surface area (Å²) in [5, 5.41) is 0. The number of hydrogen-bond acceptors (Lipinski definition) is 1. The molecule has 1 amide bonds. The molecule has 0 unspecified atom stereocenters. The molecule has 0 bridgehead atoms. The zero-order chi connectivity index (χ0) is 18.4. The molecule has 3 nitrogen and oxygen atoms in total. The largest absolute Gasteiger partial charge is 0.345 e. The number of nitrogens with zero attached hydrogens (tertiary/aromatic N) is 2. The highest BCUT2D eigenvalue weighted by atomic mass is 16.2. The van der Waals surface area contributed by atoms with Gasteiger partial charge in [0.15, 0.2) is 0 Å². The summed E-state index contributed by atoms with van der Waals surface area (Å²) >= 11 is 0. The van der Waals surface area contributed by atoms with Crippen LogP contribution in [0.1, 0.15) is 44.0 Å². The van der Waals surface area contributed by atoms with Crippen molar-refractivity contribution in [2.45, 2.75) is 47.2 Å². The molecule has 0 aliphatic heterocycles. The molecule has 0 aliphatic carbocycles. The maximum absolute atomic E-state index is 12.7. The lowest BCUT2D eigenvalue weighted by Gasteiger charge is -2.26. The summed E-state index contributed by atoms with van der Waals surface area (Å²) in [5.74, 6) is 0.177. The Morgan fingerprint density at radius 2 is 1.92 bits per heavy atom. The van der Waals surface area contributed by atoms with Gasteiger partial charge in [-0.05, 0) is 35.6 Å². The van der Waals surface area contributed by atoms with Crippen LogP contribution in [0, 0.1) is 12.3 Å². The molecule has 0 atom stereocenters. The molecule has 0 fully saturated rings. The van der Waals surface area contributed by atoms with Crippen molar-refractivity contribution in [3.05, 3.63) is 72.1 Å². The molecule has 0 aliphatic rings. The molecule has 0 saturated carbocycles. The van der Waals surface area contributed by atoms with Crippen LogP contribution < -0.4 is 0 Å². The molecule has 2 aromatic rings. The first-order valence-electron chi connectivity index (χ1n) is 8.87. The van der Waals surface area contributed by atoms with Crippen molar-refractivity contribution in [3.8, 4) is 0 Å². The quantitative estimate of drug-likeness (QED) is 0.666. The second kappa shape index (κ2) is 8.19. The molecule has 1 aromatic carbocycles. The van der Waals surface area contributed by atoms with Crippen LogP contribution in [0.3, 0.4) is 0 Å². The fraction of sp³-hybridized carbons (Fsp3) is 0.409. The Bertz CT molecular complexity index is 722.